The Morgan fingerprint density at radius 3 is 2.92 bits per heavy atom. The van der Waals surface area contributed by atoms with Crippen LogP contribution >= 0.6 is 15.9 Å². The molecule has 0 bridgehead atoms. The standard InChI is InChI=1S/C9H8BrNO/c10-8-1-2-9-6(3-4-12-9)7(8)5-11/h1-4H,5,11H2. The Labute approximate surface area is 78.5 Å². The summed E-state index contributed by atoms with van der Waals surface area (Å²) in [5.41, 5.74) is 7.59. The SMILES string of the molecule is NCc1c(Br)ccc2occc12. The predicted molar refractivity (Wildman–Crippen MR) is 51.8 cm³/mol. The van der Waals surface area contributed by atoms with Crippen molar-refractivity contribution in [2.24, 2.45) is 5.73 Å². The number of halogens is 1. The average Bonchev–Trinajstić information content (AvgIpc) is 2.52. The van der Waals surface area contributed by atoms with E-state index in [0.29, 0.717) is 6.54 Å². The van der Waals surface area contributed by atoms with Gasteiger partial charge in [-0.05, 0) is 23.8 Å². The highest BCUT2D eigenvalue weighted by molar-refractivity contribution is 9.10. The van der Waals surface area contributed by atoms with Crippen molar-refractivity contribution in [1.82, 2.24) is 0 Å². The first-order valence-electron chi connectivity index (χ1n) is 3.67. The summed E-state index contributed by atoms with van der Waals surface area (Å²) in [5, 5.41) is 1.09. The molecule has 1 aromatic heterocycles. The molecule has 0 saturated heterocycles. The molecule has 0 spiro atoms. The van der Waals surface area contributed by atoms with Crippen LogP contribution in [0.4, 0.5) is 0 Å². The molecule has 12 heavy (non-hydrogen) atoms. The highest BCUT2D eigenvalue weighted by atomic mass is 79.9. The van der Waals surface area contributed by atoms with Crippen LogP contribution in [0.2, 0.25) is 0 Å². The van der Waals surface area contributed by atoms with Gasteiger partial charge in [0.15, 0.2) is 0 Å². The van der Waals surface area contributed by atoms with Gasteiger partial charge in [0, 0.05) is 16.4 Å². The Bertz CT molecular complexity index is 408. The lowest BCUT2D eigenvalue weighted by atomic mass is 10.1. The molecular weight excluding hydrogens is 218 g/mol. The van der Waals surface area contributed by atoms with Crippen LogP contribution < -0.4 is 5.73 Å². The van der Waals surface area contributed by atoms with Crippen molar-refractivity contribution in [2.75, 3.05) is 0 Å². The Morgan fingerprint density at radius 2 is 2.17 bits per heavy atom. The van der Waals surface area contributed by atoms with Crippen LogP contribution in [0.1, 0.15) is 5.56 Å². The van der Waals surface area contributed by atoms with Crippen LogP contribution in [0.5, 0.6) is 0 Å². The fourth-order valence-electron chi connectivity index (χ4n) is 1.28. The summed E-state index contributed by atoms with van der Waals surface area (Å²) < 4.78 is 6.28. The number of rotatable bonds is 1. The second-order valence-corrected chi connectivity index (χ2v) is 3.42. The van der Waals surface area contributed by atoms with E-state index in [2.05, 4.69) is 15.9 Å². The van der Waals surface area contributed by atoms with Crippen molar-refractivity contribution >= 4 is 26.9 Å². The monoisotopic (exact) mass is 225 g/mol. The zero-order valence-corrected chi connectivity index (χ0v) is 7.97. The lowest BCUT2D eigenvalue weighted by Gasteiger charge is -2.00. The molecule has 0 aliphatic rings. The van der Waals surface area contributed by atoms with Crippen LogP contribution in [0.15, 0.2) is 33.4 Å². The van der Waals surface area contributed by atoms with Crippen molar-refractivity contribution in [3.05, 3.63) is 34.5 Å². The minimum atomic E-state index is 0.525. The van der Waals surface area contributed by atoms with Gasteiger partial charge in [-0.25, -0.2) is 0 Å². The summed E-state index contributed by atoms with van der Waals surface area (Å²) in [6.07, 6.45) is 1.68. The van der Waals surface area contributed by atoms with E-state index in [-0.39, 0.29) is 0 Å². The third-order valence-electron chi connectivity index (χ3n) is 1.89. The molecule has 0 unspecified atom stereocenters. The van der Waals surface area contributed by atoms with E-state index < -0.39 is 0 Å². The number of nitrogens with two attached hydrogens (primary N) is 1. The second-order valence-electron chi connectivity index (χ2n) is 2.56. The van der Waals surface area contributed by atoms with Crippen molar-refractivity contribution in [1.29, 1.82) is 0 Å². The molecule has 0 radical (unpaired) electrons. The molecule has 1 aromatic carbocycles. The van der Waals surface area contributed by atoms with Crippen LogP contribution in [0.3, 0.4) is 0 Å². The molecule has 0 atom stereocenters. The lowest BCUT2D eigenvalue weighted by Crippen LogP contribution is -1.97. The van der Waals surface area contributed by atoms with E-state index in [1.54, 1.807) is 6.26 Å². The molecule has 2 rings (SSSR count). The summed E-state index contributed by atoms with van der Waals surface area (Å²) in [6, 6.07) is 5.81. The van der Waals surface area contributed by atoms with Gasteiger partial charge in [-0.15, -0.1) is 0 Å². The van der Waals surface area contributed by atoms with Gasteiger partial charge in [0.1, 0.15) is 5.58 Å². The molecule has 0 saturated carbocycles. The molecule has 0 fully saturated rings. The molecule has 3 heteroatoms. The number of hydrogen-bond acceptors (Lipinski definition) is 2. The Balaban J connectivity index is 2.83. The summed E-state index contributed by atoms with van der Waals surface area (Å²) >= 11 is 3.44. The Kier molecular flexibility index (Phi) is 1.90. The zero-order chi connectivity index (χ0) is 8.55. The minimum absolute atomic E-state index is 0.525. The quantitative estimate of drug-likeness (QED) is 0.811. The molecule has 0 amide bonds. The molecule has 0 aliphatic carbocycles. The van der Waals surface area contributed by atoms with Gasteiger partial charge in [-0.1, -0.05) is 15.9 Å². The molecular formula is C9H8BrNO. The summed E-state index contributed by atoms with van der Waals surface area (Å²) in [6.45, 7) is 0.525. The number of benzene rings is 1. The predicted octanol–water partition coefficient (Wildman–Crippen LogP) is 2.65. The highest BCUT2D eigenvalue weighted by Gasteiger charge is 2.05. The Morgan fingerprint density at radius 1 is 1.33 bits per heavy atom. The normalized spacial score (nSPS) is 10.8. The summed E-state index contributed by atoms with van der Waals surface area (Å²) in [4.78, 5) is 0. The van der Waals surface area contributed by atoms with E-state index in [1.165, 1.54) is 0 Å². The average molecular weight is 226 g/mol. The van der Waals surface area contributed by atoms with Crippen LogP contribution in [0.25, 0.3) is 11.0 Å². The maximum atomic E-state index is 5.60. The van der Waals surface area contributed by atoms with Crippen molar-refractivity contribution in [3.63, 3.8) is 0 Å². The van der Waals surface area contributed by atoms with E-state index in [0.717, 1.165) is 21.0 Å². The maximum Gasteiger partial charge on any atom is 0.134 e. The van der Waals surface area contributed by atoms with Gasteiger partial charge < -0.3 is 10.2 Å². The molecule has 2 aromatic rings. The number of furan rings is 1. The van der Waals surface area contributed by atoms with E-state index >= 15 is 0 Å². The van der Waals surface area contributed by atoms with Gasteiger partial charge in [0.25, 0.3) is 0 Å². The summed E-state index contributed by atoms with van der Waals surface area (Å²) in [5.74, 6) is 0. The Hall–Kier alpha value is -0.800. The third kappa shape index (κ3) is 1.06. The number of fused-ring (bicyclic) bond motifs is 1. The van der Waals surface area contributed by atoms with Crippen molar-refractivity contribution in [3.8, 4) is 0 Å². The van der Waals surface area contributed by atoms with Gasteiger partial charge in [-0.2, -0.15) is 0 Å². The van der Waals surface area contributed by atoms with Crippen LogP contribution in [-0.2, 0) is 6.54 Å². The molecule has 2 N–H and O–H groups in total. The number of hydrogen-bond donors (Lipinski definition) is 1. The molecule has 62 valence electrons. The van der Waals surface area contributed by atoms with Crippen molar-refractivity contribution < 1.29 is 4.42 Å². The van der Waals surface area contributed by atoms with Gasteiger partial charge in [0.2, 0.25) is 0 Å². The maximum absolute atomic E-state index is 5.60. The first kappa shape index (κ1) is 7.83. The largest absolute Gasteiger partial charge is 0.464 e. The van der Waals surface area contributed by atoms with E-state index in [4.69, 9.17) is 10.2 Å². The fourth-order valence-corrected chi connectivity index (χ4v) is 1.79. The zero-order valence-electron chi connectivity index (χ0n) is 6.38. The van der Waals surface area contributed by atoms with Gasteiger partial charge >= 0.3 is 0 Å². The van der Waals surface area contributed by atoms with Gasteiger partial charge in [-0.3, -0.25) is 0 Å². The minimum Gasteiger partial charge on any atom is -0.464 e. The van der Waals surface area contributed by atoms with Crippen LogP contribution in [-0.4, -0.2) is 0 Å². The topological polar surface area (TPSA) is 39.2 Å². The van der Waals surface area contributed by atoms with E-state index in [9.17, 15) is 0 Å². The smallest absolute Gasteiger partial charge is 0.134 e. The van der Waals surface area contributed by atoms with E-state index in [1.807, 2.05) is 18.2 Å². The third-order valence-corrected chi connectivity index (χ3v) is 2.64. The van der Waals surface area contributed by atoms with Crippen molar-refractivity contribution in [2.45, 2.75) is 6.54 Å². The molecule has 0 aliphatic heterocycles. The second kappa shape index (κ2) is 2.92. The molecule has 2 nitrogen and oxygen atoms in total. The summed E-state index contributed by atoms with van der Waals surface area (Å²) in [7, 11) is 0. The first-order valence-corrected chi connectivity index (χ1v) is 4.47. The molecule has 1 heterocycles. The highest BCUT2D eigenvalue weighted by Crippen LogP contribution is 2.26. The lowest BCUT2D eigenvalue weighted by molar-refractivity contribution is 0.615. The van der Waals surface area contributed by atoms with Gasteiger partial charge in [0.05, 0.1) is 6.26 Å². The van der Waals surface area contributed by atoms with Crippen LogP contribution in [0, 0.1) is 0 Å². The first-order chi connectivity index (χ1) is 5.83. The fraction of sp³-hybridized carbons (Fsp3) is 0.111.